The number of aryl methyl sites for hydroxylation is 4. The number of amides is 1. The minimum Gasteiger partial charge on any atom is -0.443 e. The lowest BCUT2D eigenvalue weighted by atomic mass is 9.96. The van der Waals surface area contributed by atoms with Gasteiger partial charge in [-0.3, -0.25) is 4.79 Å². The lowest BCUT2D eigenvalue weighted by Crippen LogP contribution is -2.43. The molecule has 4 rings (SSSR count). The summed E-state index contributed by atoms with van der Waals surface area (Å²) < 4.78 is 5.82. The second kappa shape index (κ2) is 7.85. The Balaban J connectivity index is 1.50. The van der Waals surface area contributed by atoms with Crippen LogP contribution in [0.3, 0.4) is 0 Å². The van der Waals surface area contributed by atoms with E-state index in [1.807, 2.05) is 20.8 Å². The van der Waals surface area contributed by atoms with E-state index < -0.39 is 0 Å². The maximum absolute atomic E-state index is 12.8. The van der Waals surface area contributed by atoms with Crippen molar-refractivity contribution in [3.8, 4) is 0 Å². The third kappa shape index (κ3) is 3.97. The fraction of sp³-hybridized carbons (Fsp3) is 0.435. The maximum atomic E-state index is 12.8. The van der Waals surface area contributed by atoms with Crippen molar-refractivity contribution in [2.24, 2.45) is 5.92 Å². The minimum absolute atomic E-state index is 0.0483. The molecule has 1 amide bonds. The number of nitrogens with zero attached hydrogens (tertiary/aromatic N) is 3. The first-order chi connectivity index (χ1) is 13.9. The molecular weight excluding hydrogens is 364 g/mol. The van der Waals surface area contributed by atoms with Gasteiger partial charge in [0.1, 0.15) is 17.4 Å². The van der Waals surface area contributed by atoms with Crippen LogP contribution < -0.4 is 10.2 Å². The number of carbonyl (C=O) groups is 1. The van der Waals surface area contributed by atoms with E-state index in [0.717, 1.165) is 47.5 Å². The van der Waals surface area contributed by atoms with Gasteiger partial charge in [0, 0.05) is 25.2 Å². The SMILES string of the molecule is Cc1ccc(CNC(=O)[C@H]2CCCN(c3nc(C)nc4oc(C)c(C)c34)C2)cc1. The summed E-state index contributed by atoms with van der Waals surface area (Å²) in [4.78, 5) is 24.2. The van der Waals surface area contributed by atoms with Gasteiger partial charge < -0.3 is 14.6 Å². The van der Waals surface area contributed by atoms with Crippen LogP contribution in [0.25, 0.3) is 11.1 Å². The maximum Gasteiger partial charge on any atom is 0.231 e. The van der Waals surface area contributed by atoms with Crippen molar-refractivity contribution in [1.82, 2.24) is 15.3 Å². The molecule has 2 aromatic heterocycles. The summed E-state index contributed by atoms with van der Waals surface area (Å²) in [5, 5.41) is 4.07. The van der Waals surface area contributed by atoms with Crippen molar-refractivity contribution >= 4 is 22.8 Å². The summed E-state index contributed by atoms with van der Waals surface area (Å²) >= 11 is 0. The van der Waals surface area contributed by atoms with Gasteiger partial charge in [0.05, 0.1) is 11.3 Å². The van der Waals surface area contributed by atoms with Crippen LogP contribution in [-0.2, 0) is 11.3 Å². The number of rotatable bonds is 4. The van der Waals surface area contributed by atoms with Crippen molar-refractivity contribution in [3.05, 3.63) is 52.5 Å². The number of piperidine rings is 1. The van der Waals surface area contributed by atoms with Crippen molar-refractivity contribution in [2.75, 3.05) is 18.0 Å². The van der Waals surface area contributed by atoms with Crippen LogP contribution in [0, 0.1) is 33.6 Å². The molecule has 1 atom stereocenters. The molecule has 29 heavy (non-hydrogen) atoms. The smallest absolute Gasteiger partial charge is 0.231 e. The number of furan rings is 1. The molecule has 3 heterocycles. The van der Waals surface area contributed by atoms with Crippen LogP contribution in [0.5, 0.6) is 0 Å². The van der Waals surface area contributed by atoms with Crippen molar-refractivity contribution in [3.63, 3.8) is 0 Å². The van der Waals surface area contributed by atoms with Gasteiger partial charge >= 0.3 is 0 Å². The summed E-state index contributed by atoms with van der Waals surface area (Å²) in [5.74, 6) is 2.50. The molecule has 0 aliphatic carbocycles. The fourth-order valence-corrected chi connectivity index (χ4v) is 3.98. The Bertz CT molecular complexity index is 1040. The number of hydrogen-bond donors (Lipinski definition) is 1. The second-order valence-electron chi connectivity index (χ2n) is 8.05. The monoisotopic (exact) mass is 392 g/mol. The van der Waals surface area contributed by atoms with E-state index in [0.29, 0.717) is 24.6 Å². The Morgan fingerprint density at radius 2 is 1.93 bits per heavy atom. The summed E-state index contributed by atoms with van der Waals surface area (Å²) in [6.45, 7) is 10.0. The van der Waals surface area contributed by atoms with Gasteiger partial charge in [0.2, 0.25) is 11.6 Å². The molecule has 0 bridgehead atoms. The lowest BCUT2D eigenvalue weighted by molar-refractivity contribution is -0.125. The Labute approximate surface area is 171 Å². The summed E-state index contributed by atoms with van der Waals surface area (Å²) in [7, 11) is 0. The molecule has 0 radical (unpaired) electrons. The Morgan fingerprint density at radius 3 is 2.69 bits per heavy atom. The molecule has 1 N–H and O–H groups in total. The van der Waals surface area contributed by atoms with Gasteiger partial charge in [-0.2, -0.15) is 4.98 Å². The molecule has 1 aliphatic rings. The molecule has 0 unspecified atom stereocenters. The van der Waals surface area contributed by atoms with Crippen LogP contribution in [0.4, 0.5) is 5.82 Å². The number of carbonyl (C=O) groups excluding carboxylic acids is 1. The first kappa shape index (κ1) is 19.4. The lowest BCUT2D eigenvalue weighted by Gasteiger charge is -2.33. The average Bonchev–Trinajstić information content (AvgIpc) is 3.00. The highest BCUT2D eigenvalue weighted by molar-refractivity contribution is 5.90. The van der Waals surface area contributed by atoms with Crippen molar-refractivity contribution in [1.29, 1.82) is 0 Å². The molecule has 3 aromatic rings. The number of nitrogens with one attached hydrogen (secondary N) is 1. The van der Waals surface area contributed by atoms with Gasteiger partial charge in [0.25, 0.3) is 0 Å². The zero-order chi connectivity index (χ0) is 20.5. The van der Waals surface area contributed by atoms with E-state index in [-0.39, 0.29) is 11.8 Å². The Hall–Kier alpha value is -2.89. The van der Waals surface area contributed by atoms with Crippen molar-refractivity contribution in [2.45, 2.75) is 47.1 Å². The van der Waals surface area contributed by atoms with E-state index in [1.54, 1.807) is 0 Å². The van der Waals surface area contributed by atoms with Gasteiger partial charge in [-0.1, -0.05) is 29.8 Å². The van der Waals surface area contributed by atoms with E-state index in [2.05, 4.69) is 46.4 Å². The number of hydrogen-bond acceptors (Lipinski definition) is 5. The van der Waals surface area contributed by atoms with Crippen LogP contribution in [0.1, 0.15) is 41.1 Å². The van der Waals surface area contributed by atoms with E-state index in [4.69, 9.17) is 9.40 Å². The molecule has 0 saturated carbocycles. The molecule has 1 aliphatic heterocycles. The molecule has 1 fully saturated rings. The fourth-order valence-electron chi connectivity index (χ4n) is 3.98. The molecule has 1 saturated heterocycles. The highest BCUT2D eigenvalue weighted by Crippen LogP contribution is 2.33. The first-order valence-corrected chi connectivity index (χ1v) is 10.2. The predicted octanol–water partition coefficient (Wildman–Crippen LogP) is 3.99. The highest BCUT2D eigenvalue weighted by Gasteiger charge is 2.29. The zero-order valence-electron chi connectivity index (χ0n) is 17.6. The predicted molar refractivity (Wildman–Crippen MR) is 114 cm³/mol. The number of fused-ring (bicyclic) bond motifs is 1. The molecule has 1 aromatic carbocycles. The quantitative estimate of drug-likeness (QED) is 0.727. The number of anilines is 1. The molecule has 6 heteroatoms. The third-order valence-corrected chi connectivity index (χ3v) is 5.80. The largest absolute Gasteiger partial charge is 0.443 e. The first-order valence-electron chi connectivity index (χ1n) is 10.2. The van der Waals surface area contributed by atoms with Gasteiger partial charge in [-0.15, -0.1) is 0 Å². The van der Waals surface area contributed by atoms with E-state index >= 15 is 0 Å². The Kier molecular flexibility index (Phi) is 5.26. The Morgan fingerprint density at radius 1 is 1.17 bits per heavy atom. The van der Waals surface area contributed by atoms with E-state index in [1.165, 1.54) is 5.56 Å². The highest BCUT2D eigenvalue weighted by atomic mass is 16.3. The second-order valence-corrected chi connectivity index (χ2v) is 8.05. The van der Waals surface area contributed by atoms with Crippen LogP contribution >= 0.6 is 0 Å². The third-order valence-electron chi connectivity index (χ3n) is 5.80. The average molecular weight is 393 g/mol. The van der Waals surface area contributed by atoms with Gasteiger partial charge in [0.15, 0.2) is 0 Å². The minimum atomic E-state index is -0.0483. The molecular formula is C23H28N4O2. The molecule has 6 nitrogen and oxygen atoms in total. The van der Waals surface area contributed by atoms with Crippen LogP contribution in [0.2, 0.25) is 0 Å². The molecule has 0 spiro atoms. The van der Waals surface area contributed by atoms with Crippen molar-refractivity contribution < 1.29 is 9.21 Å². The molecule has 152 valence electrons. The summed E-state index contributed by atoms with van der Waals surface area (Å²) in [6, 6.07) is 8.27. The van der Waals surface area contributed by atoms with E-state index in [9.17, 15) is 4.79 Å². The topological polar surface area (TPSA) is 71.3 Å². The van der Waals surface area contributed by atoms with Crippen LogP contribution in [0.15, 0.2) is 28.7 Å². The summed E-state index contributed by atoms with van der Waals surface area (Å²) in [6.07, 6.45) is 1.86. The number of aromatic nitrogens is 2. The summed E-state index contributed by atoms with van der Waals surface area (Å²) in [5.41, 5.74) is 4.04. The van der Waals surface area contributed by atoms with Crippen LogP contribution in [-0.4, -0.2) is 29.0 Å². The van der Waals surface area contributed by atoms with Gasteiger partial charge in [-0.05, 0) is 46.1 Å². The zero-order valence-corrected chi connectivity index (χ0v) is 17.6. The standard InChI is InChI=1S/C23H28N4O2/c1-14-7-9-18(10-8-14)12-24-22(28)19-6-5-11-27(13-19)21-20-15(2)16(3)29-23(20)26-17(4)25-21/h7-10,19H,5-6,11-13H2,1-4H3,(H,24,28)/t19-/m0/s1. The normalized spacial score (nSPS) is 17.0. The number of benzene rings is 1. The van der Waals surface area contributed by atoms with Gasteiger partial charge in [-0.25, -0.2) is 4.98 Å².